The van der Waals surface area contributed by atoms with E-state index < -0.39 is 0 Å². The number of aromatic amines is 1. The lowest BCUT2D eigenvalue weighted by atomic mass is 10.1. The molecule has 1 heterocycles. The van der Waals surface area contributed by atoms with Crippen molar-refractivity contribution in [1.82, 2.24) is 15.2 Å². The fourth-order valence-electron chi connectivity index (χ4n) is 1.62. The van der Waals surface area contributed by atoms with E-state index in [0.717, 1.165) is 28.0 Å². The quantitative estimate of drug-likeness (QED) is 0.806. The summed E-state index contributed by atoms with van der Waals surface area (Å²) in [4.78, 5) is 4.25. The average Bonchev–Trinajstić information content (AvgIpc) is 2.81. The highest BCUT2D eigenvalue weighted by molar-refractivity contribution is 7.98. The van der Waals surface area contributed by atoms with Crippen LogP contribution in [0.15, 0.2) is 23.4 Å². The number of hydrogen-bond acceptors (Lipinski definition) is 5. The highest BCUT2D eigenvalue weighted by Gasteiger charge is 2.05. The van der Waals surface area contributed by atoms with E-state index in [-0.39, 0.29) is 0 Å². The third kappa shape index (κ3) is 3.02. The predicted molar refractivity (Wildman–Crippen MR) is 71.6 cm³/mol. The summed E-state index contributed by atoms with van der Waals surface area (Å²) >= 11 is 1.59. The van der Waals surface area contributed by atoms with Crippen molar-refractivity contribution in [2.75, 3.05) is 7.11 Å². The maximum Gasteiger partial charge on any atom is 0.208 e. The van der Waals surface area contributed by atoms with Crippen LogP contribution >= 0.6 is 11.8 Å². The van der Waals surface area contributed by atoms with Crippen LogP contribution in [0.4, 0.5) is 0 Å². The van der Waals surface area contributed by atoms with Crippen LogP contribution in [0, 0.1) is 6.92 Å². The molecule has 0 unspecified atom stereocenters. The summed E-state index contributed by atoms with van der Waals surface area (Å²) in [5.41, 5.74) is 7.89. The zero-order valence-electron chi connectivity index (χ0n) is 10.4. The van der Waals surface area contributed by atoms with E-state index in [1.165, 1.54) is 5.56 Å². The van der Waals surface area contributed by atoms with Crippen LogP contribution in [0.25, 0.3) is 0 Å². The predicted octanol–water partition coefficient (Wildman–Crippen LogP) is 1.87. The molecule has 0 aliphatic rings. The van der Waals surface area contributed by atoms with Crippen LogP contribution < -0.4 is 10.5 Å². The molecule has 0 bridgehead atoms. The van der Waals surface area contributed by atoms with Gasteiger partial charge in [0.1, 0.15) is 11.6 Å². The molecule has 2 aromatic rings. The Morgan fingerprint density at radius 2 is 2.28 bits per heavy atom. The van der Waals surface area contributed by atoms with Gasteiger partial charge < -0.3 is 10.5 Å². The molecule has 0 aliphatic carbocycles. The van der Waals surface area contributed by atoms with Crippen LogP contribution in [-0.4, -0.2) is 22.3 Å². The van der Waals surface area contributed by atoms with Gasteiger partial charge in [0.15, 0.2) is 0 Å². The minimum absolute atomic E-state index is 0.474. The lowest BCUT2D eigenvalue weighted by Crippen LogP contribution is -2.00. The lowest BCUT2D eigenvalue weighted by molar-refractivity contribution is 0.409. The number of nitrogens with one attached hydrogen (secondary N) is 1. The van der Waals surface area contributed by atoms with Gasteiger partial charge in [-0.05, 0) is 24.6 Å². The van der Waals surface area contributed by atoms with Crippen molar-refractivity contribution < 1.29 is 4.74 Å². The maximum absolute atomic E-state index is 5.69. The van der Waals surface area contributed by atoms with E-state index in [1.54, 1.807) is 18.9 Å². The second-order valence-electron chi connectivity index (χ2n) is 3.84. The summed E-state index contributed by atoms with van der Waals surface area (Å²) in [6, 6.07) is 6.04. The van der Waals surface area contributed by atoms with Crippen molar-refractivity contribution in [2.45, 2.75) is 24.4 Å². The number of aryl methyl sites for hydroxylation is 1. The number of hydrogen-bond donors (Lipinski definition) is 2. The number of nitrogens with zero attached hydrogens (tertiary/aromatic N) is 2. The molecule has 0 aliphatic heterocycles. The van der Waals surface area contributed by atoms with E-state index in [0.29, 0.717) is 6.54 Å². The van der Waals surface area contributed by atoms with Crippen LogP contribution in [0.3, 0.4) is 0 Å². The number of ether oxygens (including phenoxy) is 1. The lowest BCUT2D eigenvalue weighted by Gasteiger charge is -2.08. The number of rotatable bonds is 5. The molecule has 0 saturated heterocycles. The zero-order valence-corrected chi connectivity index (χ0v) is 11.3. The molecule has 0 spiro atoms. The fraction of sp³-hybridized carbons (Fsp3) is 0.333. The van der Waals surface area contributed by atoms with Gasteiger partial charge in [0, 0.05) is 17.9 Å². The van der Waals surface area contributed by atoms with E-state index in [9.17, 15) is 0 Å². The van der Waals surface area contributed by atoms with Gasteiger partial charge in [-0.25, -0.2) is 4.98 Å². The Morgan fingerprint density at radius 1 is 1.44 bits per heavy atom. The molecule has 0 fully saturated rings. The van der Waals surface area contributed by atoms with Crippen LogP contribution in [0.1, 0.15) is 17.0 Å². The topological polar surface area (TPSA) is 76.8 Å². The van der Waals surface area contributed by atoms with Crippen molar-refractivity contribution in [3.63, 3.8) is 0 Å². The highest BCUT2D eigenvalue weighted by Crippen LogP contribution is 2.24. The third-order valence-electron chi connectivity index (χ3n) is 2.51. The Labute approximate surface area is 110 Å². The number of thioether (sulfide) groups is 1. The molecular formula is C12H16N4OS. The molecule has 1 aromatic carbocycles. The monoisotopic (exact) mass is 264 g/mol. The molecule has 96 valence electrons. The fourth-order valence-corrected chi connectivity index (χ4v) is 2.40. The number of methoxy groups -OCH3 is 1. The molecule has 18 heavy (non-hydrogen) atoms. The van der Waals surface area contributed by atoms with E-state index in [4.69, 9.17) is 10.5 Å². The summed E-state index contributed by atoms with van der Waals surface area (Å²) in [5.74, 6) is 2.48. The second kappa shape index (κ2) is 5.88. The van der Waals surface area contributed by atoms with Gasteiger partial charge in [0.05, 0.1) is 7.11 Å². The van der Waals surface area contributed by atoms with Gasteiger partial charge >= 0.3 is 0 Å². The average molecular weight is 264 g/mol. The van der Waals surface area contributed by atoms with E-state index in [2.05, 4.69) is 21.2 Å². The van der Waals surface area contributed by atoms with Gasteiger partial charge in [-0.1, -0.05) is 17.8 Å². The molecule has 0 atom stereocenters. The van der Waals surface area contributed by atoms with E-state index in [1.807, 2.05) is 19.1 Å². The Hall–Kier alpha value is -1.53. The molecular weight excluding hydrogens is 248 g/mol. The number of H-pyrrole nitrogens is 1. The maximum atomic E-state index is 5.69. The molecule has 2 rings (SSSR count). The minimum atomic E-state index is 0.474. The molecule has 1 aromatic heterocycles. The smallest absolute Gasteiger partial charge is 0.208 e. The first-order valence-electron chi connectivity index (χ1n) is 5.60. The standard InChI is InChI=1S/C12H16N4OS/c1-8-14-12(16-15-8)18-7-9-3-4-11(17-2)10(5-9)6-13/h3-5H,6-7,13H2,1-2H3,(H,14,15,16). The second-order valence-corrected chi connectivity index (χ2v) is 4.78. The highest BCUT2D eigenvalue weighted by atomic mass is 32.2. The minimum Gasteiger partial charge on any atom is -0.496 e. The Kier molecular flexibility index (Phi) is 4.22. The van der Waals surface area contributed by atoms with Gasteiger partial charge in [-0.3, -0.25) is 5.10 Å². The van der Waals surface area contributed by atoms with Crippen molar-refractivity contribution in [2.24, 2.45) is 5.73 Å². The zero-order chi connectivity index (χ0) is 13.0. The summed E-state index contributed by atoms with van der Waals surface area (Å²) in [5, 5.41) is 7.67. The normalized spacial score (nSPS) is 10.6. The number of nitrogens with two attached hydrogens (primary N) is 1. The van der Waals surface area contributed by atoms with Crippen molar-refractivity contribution in [3.8, 4) is 5.75 Å². The molecule has 5 nitrogen and oxygen atoms in total. The van der Waals surface area contributed by atoms with Crippen LogP contribution in [-0.2, 0) is 12.3 Å². The first-order valence-corrected chi connectivity index (χ1v) is 6.59. The summed E-state index contributed by atoms with van der Waals surface area (Å²) in [7, 11) is 1.65. The number of aromatic nitrogens is 3. The third-order valence-corrected chi connectivity index (χ3v) is 3.43. The Bertz CT molecular complexity index is 527. The molecule has 0 saturated carbocycles. The first-order chi connectivity index (χ1) is 8.72. The van der Waals surface area contributed by atoms with Gasteiger partial charge in [-0.15, -0.1) is 5.10 Å². The first kappa shape index (κ1) is 12.9. The summed E-state index contributed by atoms with van der Waals surface area (Å²) in [6.07, 6.45) is 0. The molecule has 3 N–H and O–H groups in total. The van der Waals surface area contributed by atoms with Crippen molar-refractivity contribution >= 4 is 11.8 Å². The van der Waals surface area contributed by atoms with Gasteiger partial charge in [-0.2, -0.15) is 0 Å². The van der Waals surface area contributed by atoms with Crippen molar-refractivity contribution in [3.05, 3.63) is 35.2 Å². The number of benzene rings is 1. The van der Waals surface area contributed by atoms with Crippen LogP contribution in [0.5, 0.6) is 5.75 Å². The Balaban J connectivity index is 2.05. The molecule has 0 radical (unpaired) electrons. The Morgan fingerprint density at radius 3 is 2.89 bits per heavy atom. The molecule has 0 amide bonds. The van der Waals surface area contributed by atoms with Gasteiger partial charge in [0.2, 0.25) is 5.16 Å². The van der Waals surface area contributed by atoms with E-state index >= 15 is 0 Å². The largest absolute Gasteiger partial charge is 0.496 e. The van der Waals surface area contributed by atoms with Crippen LogP contribution in [0.2, 0.25) is 0 Å². The summed E-state index contributed by atoms with van der Waals surface area (Å²) in [6.45, 7) is 2.36. The van der Waals surface area contributed by atoms with Crippen molar-refractivity contribution in [1.29, 1.82) is 0 Å². The summed E-state index contributed by atoms with van der Waals surface area (Å²) < 4.78 is 5.24. The molecule has 6 heteroatoms. The SMILES string of the molecule is COc1ccc(CSc2n[nH]c(C)n2)cc1CN. The van der Waals surface area contributed by atoms with Gasteiger partial charge in [0.25, 0.3) is 0 Å².